The molecule has 4 aromatic rings. The fraction of sp³-hybridized carbons (Fsp3) is 0.185. The number of hydrogen-bond donors (Lipinski definition) is 1. The number of phenolic OH excluding ortho intramolecular Hbond substituents is 1. The van der Waals surface area contributed by atoms with Gasteiger partial charge in [0, 0.05) is 5.39 Å². The molecular weight excluding hydrogens is 340 g/mol. The molecule has 1 heteroatoms. The van der Waals surface area contributed by atoms with Crippen molar-refractivity contribution in [2.24, 2.45) is 0 Å². The topological polar surface area (TPSA) is 20.2 Å². The molecule has 0 aliphatic heterocycles. The summed E-state index contributed by atoms with van der Waals surface area (Å²) in [5.74, 6) is 0.351. The van der Waals surface area contributed by atoms with Crippen LogP contribution >= 0.6 is 0 Å². The van der Waals surface area contributed by atoms with Crippen LogP contribution in [0.3, 0.4) is 0 Å². The normalized spacial score (nSPS) is 12.2. The Morgan fingerprint density at radius 1 is 0.750 bits per heavy atom. The van der Waals surface area contributed by atoms with E-state index in [1.807, 2.05) is 18.2 Å². The lowest BCUT2D eigenvalue weighted by Gasteiger charge is -2.20. The van der Waals surface area contributed by atoms with Crippen molar-refractivity contribution < 1.29 is 5.11 Å². The Bertz CT molecular complexity index is 1220. The van der Waals surface area contributed by atoms with Crippen molar-refractivity contribution in [3.05, 3.63) is 89.0 Å². The Hall–Kier alpha value is -3.06. The summed E-state index contributed by atoms with van der Waals surface area (Å²) in [6, 6.07) is 23.4. The molecule has 5 rings (SSSR count). The predicted octanol–water partition coefficient (Wildman–Crippen LogP) is 6.91. The molecule has 0 amide bonds. The SMILES string of the molecule is CCc1cc2c(c(-c3ccc(O)c4ccccc34)c1CC)Cc1ccccc1-2. The Kier molecular flexibility index (Phi) is 3.98. The van der Waals surface area contributed by atoms with Gasteiger partial charge >= 0.3 is 0 Å². The number of hydrogen-bond acceptors (Lipinski definition) is 1. The van der Waals surface area contributed by atoms with E-state index in [-0.39, 0.29) is 0 Å². The molecule has 0 fully saturated rings. The monoisotopic (exact) mass is 364 g/mol. The second-order valence-electron chi connectivity index (χ2n) is 7.63. The molecule has 0 saturated heterocycles. The van der Waals surface area contributed by atoms with E-state index in [0.29, 0.717) is 5.75 Å². The molecule has 1 N–H and O–H groups in total. The first-order valence-electron chi connectivity index (χ1n) is 10.2. The summed E-state index contributed by atoms with van der Waals surface area (Å²) < 4.78 is 0. The zero-order chi connectivity index (χ0) is 19.3. The molecule has 4 aromatic carbocycles. The Morgan fingerprint density at radius 2 is 1.50 bits per heavy atom. The van der Waals surface area contributed by atoms with Gasteiger partial charge < -0.3 is 5.11 Å². The molecule has 1 aliphatic rings. The Balaban J connectivity index is 1.90. The Labute approximate surface area is 166 Å². The number of fused-ring (bicyclic) bond motifs is 4. The third-order valence-corrected chi connectivity index (χ3v) is 6.21. The highest BCUT2D eigenvalue weighted by atomic mass is 16.3. The maximum absolute atomic E-state index is 10.4. The third-order valence-electron chi connectivity index (χ3n) is 6.21. The lowest BCUT2D eigenvalue weighted by molar-refractivity contribution is 0.481. The van der Waals surface area contributed by atoms with E-state index in [1.54, 1.807) is 0 Å². The van der Waals surface area contributed by atoms with Crippen molar-refractivity contribution in [2.45, 2.75) is 33.1 Å². The van der Waals surface area contributed by atoms with Crippen LogP contribution in [0.4, 0.5) is 0 Å². The molecule has 0 saturated carbocycles. The number of aromatic hydroxyl groups is 1. The fourth-order valence-electron chi connectivity index (χ4n) is 4.92. The summed E-state index contributed by atoms with van der Waals surface area (Å²) in [7, 11) is 0. The minimum absolute atomic E-state index is 0.351. The van der Waals surface area contributed by atoms with Crippen LogP contribution in [-0.4, -0.2) is 5.11 Å². The second-order valence-corrected chi connectivity index (χ2v) is 7.63. The molecule has 1 nitrogen and oxygen atoms in total. The lowest BCUT2D eigenvalue weighted by atomic mass is 9.84. The third kappa shape index (κ3) is 2.39. The maximum Gasteiger partial charge on any atom is 0.123 e. The van der Waals surface area contributed by atoms with Crippen LogP contribution in [0.1, 0.15) is 36.1 Å². The van der Waals surface area contributed by atoms with Gasteiger partial charge in [0.05, 0.1) is 0 Å². The first-order valence-corrected chi connectivity index (χ1v) is 10.2. The summed E-state index contributed by atoms with van der Waals surface area (Å²) in [4.78, 5) is 0. The van der Waals surface area contributed by atoms with Gasteiger partial charge in [0.2, 0.25) is 0 Å². The minimum atomic E-state index is 0.351. The van der Waals surface area contributed by atoms with Crippen LogP contribution in [0.25, 0.3) is 33.0 Å². The molecular formula is C27H24O. The van der Waals surface area contributed by atoms with Crippen LogP contribution in [0.15, 0.2) is 66.7 Å². The van der Waals surface area contributed by atoms with Crippen LogP contribution < -0.4 is 0 Å². The minimum Gasteiger partial charge on any atom is -0.507 e. The van der Waals surface area contributed by atoms with Gasteiger partial charge in [-0.15, -0.1) is 0 Å². The van der Waals surface area contributed by atoms with E-state index in [1.165, 1.54) is 44.5 Å². The summed E-state index contributed by atoms with van der Waals surface area (Å²) in [5, 5.41) is 12.5. The van der Waals surface area contributed by atoms with Crippen molar-refractivity contribution in [3.8, 4) is 28.0 Å². The summed E-state index contributed by atoms with van der Waals surface area (Å²) in [6.07, 6.45) is 3.02. The van der Waals surface area contributed by atoms with Crippen LogP contribution in [-0.2, 0) is 19.3 Å². The molecule has 0 atom stereocenters. The maximum atomic E-state index is 10.4. The number of benzene rings is 4. The highest BCUT2D eigenvalue weighted by Crippen LogP contribution is 2.47. The van der Waals surface area contributed by atoms with Crippen molar-refractivity contribution in [1.29, 1.82) is 0 Å². The first-order chi connectivity index (χ1) is 13.7. The van der Waals surface area contributed by atoms with E-state index in [9.17, 15) is 5.11 Å². The number of rotatable bonds is 3. The number of phenols is 1. The molecule has 0 aromatic heterocycles. The fourth-order valence-corrected chi connectivity index (χ4v) is 4.92. The summed E-state index contributed by atoms with van der Waals surface area (Å²) in [5.41, 5.74) is 11.1. The van der Waals surface area contributed by atoms with Crippen molar-refractivity contribution in [2.75, 3.05) is 0 Å². The molecule has 28 heavy (non-hydrogen) atoms. The molecule has 0 heterocycles. The van der Waals surface area contributed by atoms with E-state index >= 15 is 0 Å². The van der Waals surface area contributed by atoms with Gasteiger partial charge in [0.1, 0.15) is 5.75 Å². The predicted molar refractivity (Wildman–Crippen MR) is 118 cm³/mol. The van der Waals surface area contributed by atoms with E-state index < -0.39 is 0 Å². The van der Waals surface area contributed by atoms with Crippen LogP contribution in [0.2, 0.25) is 0 Å². The highest BCUT2D eigenvalue weighted by molar-refractivity contribution is 6.03. The highest BCUT2D eigenvalue weighted by Gasteiger charge is 2.26. The molecule has 0 bridgehead atoms. The number of aryl methyl sites for hydroxylation is 1. The molecule has 1 aliphatic carbocycles. The largest absolute Gasteiger partial charge is 0.507 e. The standard InChI is InChI=1S/C27H24O/c1-3-17-15-24-20-10-6-5-9-18(20)16-25(24)27(19(17)4-2)23-13-14-26(28)22-12-8-7-11-21(22)23/h5-15,28H,3-4,16H2,1-2H3. The molecule has 0 radical (unpaired) electrons. The van der Waals surface area contributed by atoms with Crippen molar-refractivity contribution in [3.63, 3.8) is 0 Å². The van der Waals surface area contributed by atoms with Gasteiger partial charge in [0.15, 0.2) is 0 Å². The second kappa shape index (κ2) is 6.53. The quantitative estimate of drug-likeness (QED) is 0.369. The zero-order valence-electron chi connectivity index (χ0n) is 16.4. The van der Waals surface area contributed by atoms with Crippen molar-refractivity contribution >= 4 is 10.8 Å². The first kappa shape index (κ1) is 17.1. The van der Waals surface area contributed by atoms with Gasteiger partial charge in [-0.2, -0.15) is 0 Å². The van der Waals surface area contributed by atoms with Gasteiger partial charge in [-0.05, 0) is 75.2 Å². The van der Waals surface area contributed by atoms with E-state index in [0.717, 1.165) is 30.0 Å². The molecule has 0 unspecified atom stereocenters. The average Bonchev–Trinajstić information content (AvgIpc) is 3.11. The van der Waals surface area contributed by atoms with Gasteiger partial charge in [-0.3, -0.25) is 0 Å². The van der Waals surface area contributed by atoms with Crippen LogP contribution in [0, 0.1) is 0 Å². The average molecular weight is 364 g/mol. The summed E-state index contributed by atoms with van der Waals surface area (Å²) >= 11 is 0. The Morgan fingerprint density at radius 3 is 2.29 bits per heavy atom. The molecule has 138 valence electrons. The van der Waals surface area contributed by atoms with E-state index in [2.05, 4.69) is 62.4 Å². The van der Waals surface area contributed by atoms with Crippen molar-refractivity contribution in [1.82, 2.24) is 0 Å². The van der Waals surface area contributed by atoms with Crippen LogP contribution in [0.5, 0.6) is 5.75 Å². The van der Waals surface area contributed by atoms with E-state index in [4.69, 9.17) is 0 Å². The molecule has 0 spiro atoms. The lowest BCUT2D eigenvalue weighted by Crippen LogP contribution is -2.01. The van der Waals surface area contributed by atoms with Gasteiger partial charge in [-0.25, -0.2) is 0 Å². The summed E-state index contributed by atoms with van der Waals surface area (Å²) in [6.45, 7) is 4.51. The van der Waals surface area contributed by atoms with Gasteiger partial charge in [-0.1, -0.05) is 74.5 Å². The van der Waals surface area contributed by atoms with Gasteiger partial charge in [0.25, 0.3) is 0 Å². The smallest absolute Gasteiger partial charge is 0.123 e. The zero-order valence-corrected chi connectivity index (χ0v) is 16.4.